The van der Waals surface area contributed by atoms with Gasteiger partial charge in [-0.3, -0.25) is 4.79 Å². The Morgan fingerprint density at radius 1 is 1.09 bits per heavy atom. The molecule has 2 N–H and O–H groups in total. The fraction of sp³-hybridized carbons (Fsp3) is 0.667. The second-order valence-corrected chi connectivity index (χ2v) is 11.1. The molecule has 0 aromatic heterocycles. The van der Waals surface area contributed by atoms with Crippen LogP contribution in [0.15, 0.2) is 35.2 Å². The van der Waals surface area contributed by atoms with Crippen LogP contribution >= 0.6 is 0 Å². The summed E-state index contributed by atoms with van der Waals surface area (Å²) in [7, 11) is -3.82. The fourth-order valence-corrected chi connectivity index (χ4v) is 5.96. The van der Waals surface area contributed by atoms with E-state index in [4.69, 9.17) is 0 Å². The molecule has 1 heterocycles. The quantitative estimate of drug-likeness (QED) is 0.629. The Labute approximate surface area is 198 Å². The lowest BCUT2D eigenvalue weighted by atomic mass is 9.95. The molecule has 0 bridgehead atoms. The van der Waals surface area contributed by atoms with Crippen molar-refractivity contribution in [1.29, 1.82) is 0 Å². The number of hydrogen-bond donors (Lipinski definition) is 2. The highest BCUT2D eigenvalue weighted by atomic mass is 32.2. The zero-order valence-electron chi connectivity index (χ0n) is 20.0. The summed E-state index contributed by atoms with van der Waals surface area (Å²) in [4.78, 5) is 29.9. The van der Waals surface area contributed by atoms with Gasteiger partial charge in [0.25, 0.3) is 0 Å². The van der Waals surface area contributed by atoms with Crippen molar-refractivity contribution in [3.63, 3.8) is 0 Å². The second kappa shape index (κ2) is 11.3. The van der Waals surface area contributed by atoms with Crippen LogP contribution in [-0.4, -0.2) is 67.9 Å². The minimum atomic E-state index is -3.82. The van der Waals surface area contributed by atoms with E-state index in [0.717, 1.165) is 25.7 Å². The van der Waals surface area contributed by atoms with Crippen molar-refractivity contribution in [3.8, 4) is 0 Å². The zero-order valence-corrected chi connectivity index (χ0v) is 20.8. The number of benzene rings is 1. The number of hydrogen-bond acceptors (Lipinski definition) is 4. The predicted molar refractivity (Wildman–Crippen MR) is 128 cm³/mol. The van der Waals surface area contributed by atoms with Crippen molar-refractivity contribution in [1.82, 2.24) is 19.8 Å². The third kappa shape index (κ3) is 6.47. The third-order valence-electron chi connectivity index (χ3n) is 6.95. The minimum Gasteiger partial charge on any atom is -0.337 e. The Hall–Kier alpha value is -2.13. The summed E-state index contributed by atoms with van der Waals surface area (Å²) in [6, 6.07) is 7.29. The molecule has 9 heteroatoms. The van der Waals surface area contributed by atoms with Gasteiger partial charge in [0.05, 0.1) is 4.90 Å². The van der Waals surface area contributed by atoms with Crippen molar-refractivity contribution in [2.24, 2.45) is 5.92 Å². The first-order valence-electron chi connectivity index (χ1n) is 12.2. The summed E-state index contributed by atoms with van der Waals surface area (Å²) >= 11 is 0. The van der Waals surface area contributed by atoms with Gasteiger partial charge in [0.15, 0.2) is 0 Å². The topological polar surface area (TPSA) is 98.8 Å². The van der Waals surface area contributed by atoms with Gasteiger partial charge in [-0.1, -0.05) is 57.7 Å². The number of nitrogens with zero attached hydrogens (tertiary/aromatic N) is 2. The molecule has 3 rings (SSSR count). The second-order valence-electron chi connectivity index (χ2n) is 9.41. The Morgan fingerprint density at radius 2 is 1.76 bits per heavy atom. The Kier molecular flexibility index (Phi) is 8.75. The largest absolute Gasteiger partial charge is 0.337 e. The van der Waals surface area contributed by atoms with Crippen LogP contribution in [0.5, 0.6) is 0 Å². The molecule has 1 saturated carbocycles. The molecule has 184 valence electrons. The highest BCUT2D eigenvalue weighted by Gasteiger charge is 2.37. The average molecular weight is 479 g/mol. The van der Waals surface area contributed by atoms with Gasteiger partial charge >= 0.3 is 6.03 Å². The van der Waals surface area contributed by atoms with E-state index in [-0.39, 0.29) is 34.8 Å². The van der Waals surface area contributed by atoms with Crippen LogP contribution in [0.25, 0.3) is 0 Å². The average Bonchev–Trinajstić information content (AvgIpc) is 2.82. The Bertz CT molecular complexity index is 902. The van der Waals surface area contributed by atoms with E-state index >= 15 is 0 Å². The van der Waals surface area contributed by atoms with Gasteiger partial charge in [-0.05, 0) is 37.8 Å². The van der Waals surface area contributed by atoms with Crippen LogP contribution in [-0.2, 0) is 14.8 Å². The fourth-order valence-electron chi connectivity index (χ4n) is 4.64. The molecule has 1 aliphatic heterocycles. The summed E-state index contributed by atoms with van der Waals surface area (Å²) in [6.07, 6.45) is 6.24. The highest BCUT2D eigenvalue weighted by molar-refractivity contribution is 7.89. The molecule has 3 atom stereocenters. The molecule has 2 fully saturated rings. The van der Waals surface area contributed by atoms with E-state index in [1.54, 1.807) is 28.0 Å². The van der Waals surface area contributed by atoms with Crippen molar-refractivity contribution in [2.75, 3.05) is 19.6 Å². The molecule has 3 unspecified atom stereocenters. The molecule has 33 heavy (non-hydrogen) atoms. The molecule has 0 spiro atoms. The SMILES string of the molecule is CCC(C)C(NS(=O)(=O)c1ccccc1)C(=O)N1CCN(C(=O)NC2CCCCC2)C(C)C1. The number of nitrogens with one attached hydrogen (secondary N) is 2. The van der Waals surface area contributed by atoms with E-state index in [9.17, 15) is 18.0 Å². The standard InChI is InChI=1S/C24H38N4O4S/c1-4-18(2)22(26-33(31,32)21-13-9-6-10-14-21)23(29)27-15-16-28(19(3)17-27)24(30)25-20-11-7-5-8-12-20/h6,9-10,13-14,18-20,22,26H,4-5,7-8,11-12,15-17H2,1-3H3,(H,25,30). The van der Waals surface area contributed by atoms with Crippen LogP contribution in [0.2, 0.25) is 0 Å². The maximum atomic E-state index is 13.4. The van der Waals surface area contributed by atoms with Gasteiger partial charge in [0.1, 0.15) is 6.04 Å². The number of carbonyl (C=O) groups is 2. The number of urea groups is 1. The molecule has 3 amide bonds. The van der Waals surface area contributed by atoms with E-state index in [1.165, 1.54) is 18.6 Å². The smallest absolute Gasteiger partial charge is 0.317 e. The predicted octanol–water partition coefficient (Wildman–Crippen LogP) is 2.95. The van der Waals surface area contributed by atoms with Crippen LogP contribution in [0.1, 0.15) is 59.3 Å². The van der Waals surface area contributed by atoms with Crippen molar-refractivity contribution in [3.05, 3.63) is 30.3 Å². The lowest BCUT2D eigenvalue weighted by Gasteiger charge is -2.42. The summed E-state index contributed by atoms with van der Waals surface area (Å²) in [6.45, 7) is 6.97. The van der Waals surface area contributed by atoms with E-state index in [2.05, 4.69) is 10.0 Å². The number of amides is 3. The molecular formula is C24H38N4O4S. The van der Waals surface area contributed by atoms with Gasteiger partial charge in [-0.2, -0.15) is 4.72 Å². The molecule has 0 radical (unpaired) electrons. The highest BCUT2D eigenvalue weighted by Crippen LogP contribution is 2.20. The lowest BCUT2D eigenvalue weighted by Crippen LogP contribution is -2.61. The van der Waals surface area contributed by atoms with Gasteiger partial charge in [-0.25, -0.2) is 13.2 Å². The Balaban J connectivity index is 1.65. The van der Waals surface area contributed by atoms with Crippen LogP contribution < -0.4 is 10.0 Å². The molecular weight excluding hydrogens is 440 g/mol. The van der Waals surface area contributed by atoms with Crippen molar-refractivity contribution < 1.29 is 18.0 Å². The third-order valence-corrected chi connectivity index (χ3v) is 8.40. The summed E-state index contributed by atoms with van der Waals surface area (Å²) in [5.41, 5.74) is 0. The Morgan fingerprint density at radius 3 is 2.36 bits per heavy atom. The van der Waals surface area contributed by atoms with Crippen LogP contribution in [0.3, 0.4) is 0 Å². The van der Waals surface area contributed by atoms with Crippen molar-refractivity contribution >= 4 is 22.0 Å². The molecule has 1 aromatic rings. The van der Waals surface area contributed by atoms with Gasteiger partial charge in [0, 0.05) is 31.7 Å². The number of piperazine rings is 1. The van der Waals surface area contributed by atoms with Gasteiger partial charge in [-0.15, -0.1) is 0 Å². The van der Waals surface area contributed by atoms with E-state index in [1.807, 2.05) is 20.8 Å². The van der Waals surface area contributed by atoms with E-state index < -0.39 is 16.1 Å². The first kappa shape index (κ1) is 25.5. The molecule has 1 saturated heterocycles. The first-order chi connectivity index (χ1) is 15.7. The van der Waals surface area contributed by atoms with Gasteiger partial charge < -0.3 is 15.1 Å². The molecule has 8 nitrogen and oxygen atoms in total. The summed E-state index contributed by atoms with van der Waals surface area (Å²) in [5.74, 6) is -0.401. The number of rotatable bonds is 7. The molecule has 2 aliphatic rings. The van der Waals surface area contributed by atoms with Gasteiger partial charge in [0.2, 0.25) is 15.9 Å². The molecule has 1 aliphatic carbocycles. The summed E-state index contributed by atoms with van der Waals surface area (Å²) in [5, 5.41) is 3.15. The maximum absolute atomic E-state index is 13.4. The first-order valence-corrected chi connectivity index (χ1v) is 13.6. The van der Waals surface area contributed by atoms with Crippen LogP contribution in [0, 0.1) is 5.92 Å². The normalized spacial score (nSPS) is 22.0. The minimum absolute atomic E-state index is 0.0650. The lowest BCUT2D eigenvalue weighted by molar-refractivity contribution is -0.136. The number of sulfonamides is 1. The van der Waals surface area contributed by atoms with Crippen molar-refractivity contribution in [2.45, 2.75) is 82.3 Å². The monoisotopic (exact) mass is 478 g/mol. The van der Waals surface area contributed by atoms with Crippen LogP contribution in [0.4, 0.5) is 4.79 Å². The zero-order chi connectivity index (χ0) is 24.0. The number of carbonyl (C=O) groups excluding carboxylic acids is 2. The maximum Gasteiger partial charge on any atom is 0.317 e. The molecule has 1 aromatic carbocycles. The van der Waals surface area contributed by atoms with E-state index in [0.29, 0.717) is 26.1 Å². The summed E-state index contributed by atoms with van der Waals surface area (Å²) < 4.78 is 28.5.